The van der Waals surface area contributed by atoms with E-state index in [1.165, 1.54) is 38.5 Å². The van der Waals surface area contributed by atoms with E-state index in [1.807, 2.05) is 22.3 Å². The molecule has 3 heteroatoms. The van der Waals surface area contributed by atoms with Crippen LogP contribution in [0.5, 0.6) is 0 Å². The third kappa shape index (κ3) is 23.2. The van der Waals surface area contributed by atoms with Crippen molar-refractivity contribution in [3.05, 3.63) is 22.3 Å². The number of unbranched alkanes of at least 4 members (excludes halogenated alkanes) is 3. The van der Waals surface area contributed by atoms with Gasteiger partial charge in [-0.25, -0.2) is 0 Å². The second-order valence-electron chi connectivity index (χ2n) is 5.89. The molecule has 0 fully saturated rings. The largest absolute Gasteiger partial charge is 0.393 e. The summed E-state index contributed by atoms with van der Waals surface area (Å²) < 4.78 is 6.96. The summed E-state index contributed by atoms with van der Waals surface area (Å²) >= 11 is 1.31. The zero-order valence-electron chi connectivity index (χ0n) is 15.3. The van der Waals surface area contributed by atoms with Gasteiger partial charge in [0.25, 0.3) is 0 Å². The summed E-state index contributed by atoms with van der Waals surface area (Å²) in [5.41, 5.74) is 0. The second-order valence-corrected chi connectivity index (χ2v) is 15.2. The van der Waals surface area contributed by atoms with Crippen molar-refractivity contribution in [1.29, 1.82) is 0 Å². The van der Waals surface area contributed by atoms with Crippen molar-refractivity contribution in [2.75, 3.05) is 0 Å². The number of aliphatic hydroxyl groups excluding tert-OH is 1. The Bertz CT molecular complexity index is 233. The molecule has 22 heavy (non-hydrogen) atoms. The number of hydrogen-bond donors (Lipinski definition) is 1. The normalized spacial score (nSPS) is 12.9. The minimum absolute atomic E-state index is 0.219. The van der Waals surface area contributed by atoms with Crippen molar-refractivity contribution < 1.29 is 5.11 Å². The SMILES string of the molecule is CCC[CH2][Sn]([CH2]CCC)[CH2]CCC.C[C@@H](O)C/C=C/C=C/I. The maximum Gasteiger partial charge on any atom is 0.0546 e. The van der Waals surface area contributed by atoms with Crippen LogP contribution < -0.4 is 0 Å². The number of halogens is 1. The Morgan fingerprint density at radius 1 is 0.909 bits per heavy atom. The molecule has 0 spiro atoms. The molecule has 0 aromatic heterocycles. The zero-order valence-corrected chi connectivity index (χ0v) is 20.3. The Labute approximate surface area is 160 Å². The maximum absolute atomic E-state index is 8.77. The van der Waals surface area contributed by atoms with Crippen LogP contribution in [0.2, 0.25) is 13.3 Å². The first-order chi connectivity index (χ1) is 10.6. The molecule has 0 aliphatic carbocycles. The van der Waals surface area contributed by atoms with E-state index in [4.69, 9.17) is 5.11 Å². The molecular formula is C19H38IOSn. The average Bonchev–Trinajstić information content (AvgIpc) is 2.51. The van der Waals surface area contributed by atoms with Crippen LogP contribution in [0.3, 0.4) is 0 Å². The Morgan fingerprint density at radius 2 is 1.36 bits per heavy atom. The smallest absolute Gasteiger partial charge is 0.0546 e. The molecule has 0 bridgehead atoms. The first-order valence-electron chi connectivity index (χ1n) is 9.05. The van der Waals surface area contributed by atoms with E-state index in [-0.39, 0.29) is 6.10 Å². The monoisotopic (exact) mass is 529 g/mol. The van der Waals surface area contributed by atoms with E-state index >= 15 is 0 Å². The molecule has 0 aliphatic heterocycles. The van der Waals surface area contributed by atoms with Gasteiger partial charge in [0.15, 0.2) is 0 Å². The molecule has 1 atom stereocenters. The predicted octanol–water partition coefficient (Wildman–Crippen LogP) is 7.14. The summed E-state index contributed by atoms with van der Waals surface area (Å²) in [5, 5.41) is 8.77. The molecule has 0 heterocycles. The molecule has 0 aliphatic rings. The fraction of sp³-hybridized carbons (Fsp3) is 0.789. The summed E-state index contributed by atoms with van der Waals surface area (Å²) in [6.45, 7) is 8.78. The van der Waals surface area contributed by atoms with Gasteiger partial charge in [-0.3, -0.25) is 0 Å². The third-order valence-corrected chi connectivity index (χ3v) is 12.9. The predicted molar refractivity (Wildman–Crippen MR) is 113 cm³/mol. The van der Waals surface area contributed by atoms with Gasteiger partial charge in [-0.1, -0.05) is 40.8 Å². The average molecular weight is 528 g/mol. The van der Waals surface area contributed by atoms with E-state index in [0.29, 0.717) is 0 Å². The Kier molecular flexibility index (Phi) is 25.2. The number of aliphatic hydroxyl groups is 1. The van der Waals surface area contributed by atoms with Crippen LogP contribution in [0.4, 0.5) is 0 Å². The van der Waals surface area contributed by atoms with Crippen LogP contribution in [0.1, 0.15) is 72.6 Å². The van der Waals surface area contributed by atoms with Crippen LogP contribution in [-0.2, 0) is 0 Å². The molecule has 0 aromatic carbocycles. The van der Waals surface area contributed by atoms with Gasteiger partial charge in [-0.2, -0.15) is 0 Å². The molecule has 1 N–H and O–H groups in total. The van der Waals surface area contributed by atoms with Crippen molar-refractivity contribution >= 4 is 42.4 Å². The van der Waals surface area contributed by atoms with Gasteiger partial charge in [0.1, 0.15) is 0 Å². The molecule has 0 rings (SSSR count). The molecule has 0 unspecified atom stereocenters. The van der Waals surface area contributed by atoms with Crippen molar-refractivity contribution in [3.63, 3.8) is 0 Å². The standard InChI is InChI=1S/C7H11IO.3C4H9.Sn/c1-7(9)5-3-2-4-6-8;3*1-3-4-2;/h2-4,6-7,9H,5H2,1H3;3*1,3-4H2,2H3;/b3-2+,6-4+;;;;/t7-;;;;/m1..../s1. The van der Waals surface area contributed by atoms with Gasteiger partial charge in [0.2, 0.25) is 0 Å². The number of rotatable bonds is 12. The fourth-order valence-corrected chi connectivity index (χ4v) is 11.7. The van der Waals surface area contributed by atoms with E-state index in [1.54, 1.807) is 20.2 Å². The molecule has 0 saturated heterocycles. The topological polar surface area (TPSA) is 20.2 Å². The molecule has 131 valence electrons. The van der Waals surface area contributed by atoms with E-state index < -0.39 is 19.8 Å². The van der Waals surface area contributed by atoms with Gasteiger partial charge in [-0.05, 0) is 17.4 Å². The van der Waals surface area contributed by atoms with Crippen LogP contribution in [0.25, 0.3) is 0 Å². The zero-order chi connectivity index (χ0) is 17.1. The van der Waals surface area contributed by atoms with Crippen LogP contribution in [-0.4, -0.2) is 31.0 Å². The molecule has 0 amide bonds. The van der Waals surface area contributed by atoms with Gasteiger partial charge in [0, 0.05) is 0 Å². The van der Waals surface area contributed by atoms with Crippen molar-refractivity contribution in [1.82, 2.24) is 0 Å². The van der Waals surface area contributed by atoms with Crippen molar-refractivity contribution in [2.24, 2.45) is 0 Å². The summed E-state index contributed by atoms with van der Waals surface area (Å²) in [6.07, 6.45) is 15.2. The Morgan fingerprint density at radius 3 is 1.68 bits per heavy atom. The van der Waals surface area contributed by atoms with Crippen LogP contribution in [0, 0.1) is 0 Å². The molecule has 1 radical (unpaired) electrons. The summed E-state index contributed by atoms with van der Waals surface area (Å²) in [4.78, 5) is 0. The van der Waals surface area contributed by atoms with Gasteiger partial charge >= 0.3 is 92.4 Å². The maximum atomic E-state index is 8.77. The quantitative estimate of drug-likeness (QED) is 0.162. The van der Waals surface area contributed by atoms with Gasteiger partial charge < -0.3 is 5.11 Å². The molecule has 0 saturated carbocycles. The third-order valence-electron chi connectivity index (χ3n) is 3.45. The first kappa shape index (κ1) is 25.2. The van der Waals surface area contributed by atoms with Crippen LogP contribution >= 0.6 is 22.6 Å². The summed E-state index contributed by atoms with van der Waals surface area (Å²) in [7, 11) is 0. The molecule has 0 aromatic rings. The van der Waals surface area contributed by atoms with Gasteiger partial charge in [-0.15, -0.1) is 0 Å². The van der Waals surface area contributed by atoms with Crippen molar-refractivity contribution in [2.45, 2.75) is 92.1 Å². The summed E-state index contributed by atoms with van der Waals surface area (Å²) in [6, 6.07) is 0. The number of allylic oxidation sites excluding steroid dienone is 2. The second kappa shape index (κ2) is 22.0. The van der Waals surface area contributed by atoms with E-state index in [9.17, 15) is 0 Å². The van der Waals surface area contributed by atoms with E-state index in [2.05, 4.69) is 43.4 Å². The molecule has 1 nitrogen and oxygen atoms in total. The summed E-state index contributed by atoms with van der Waals surface area (Å²) in [5.74, 6) is 0. The Hall–Kier alpha value is 0.969. The Balaban J connectivity index is 0. The minimum Gasteiger partial charge on any atom is -0.393 e. The van der Waals surface area contributed by atoms with Gasteiger partial charge in [0.05, 0.1) is 6.10 Å². The van der Waals surface area contributed by atoms with E-state index in [0.717, 1.165) is 6.42 Å². The van der Waals surface area contributed by atoms with Crippen molar-refractivity contribution in [3.8, 4) is 0 Å². The minimum atomic E-state index is -0.839. The first-order valence-corrected chi connectivity index (χ1v) is 16.4. The fourth-order valence-electron chi connectivity index (χ4n) is 2.05. The number of hydrogen-bond acceptors (Lipinski definition) is 1. The molecular weight excluding hydrogens is 490 g/mol. The van der Waals surface area contributed by atoms with Crippen LogP contribution in [0.15, 0.2) is 22.3 Å².